The Kier molecular flexibility index (Phi) is 6.21. The molecule has 0 aliphatic heterocycles. The molecule has 0 spiro atoms. The summed E-state index contributed by atoms with van der Waals surface area (Å²) < 4.78 is 23.8. The van der Waals surface area contributed by atoms with Crippen LogP contribution in [0.3, 0.4) is 0 Å². The molecule has 0 unspecified atom stereocenters. The van der Waals surface area contributed by atoms with Crippen molar-refractivity contribution < 1.29 is 8.42 Å². The van der Waals surface area contributed by atoms with Gasteiger partial charge >= 0.3 is 0 Å². The molecule has 8 heteroatoms. The largest absolute Gasteiger partial charge is 0.365 e. The average molecular weight is 501 g/mol. The van der Waals surface area contributed by atoms with E-state index < -0.39 is 10.0 Å². The molecule has 6 nitrogen and oxygen atoms in total. The molecular weight excluding hydrogens is 480 g/mol. The van der Waals surface area contributed by atoms with Crippen molar-refractivity contribution in [2.24, 2.45) is 5.14 Å². The van der Waals surface area contributed by atoms with E-state index in [-0.39, 0.29) is 4.90 Å². The lowest BCUT2D eigenvalue weighted by Crippen LogP contribution is -2.12. The monoisotopic (exact) mass is 500 g/mol. The number of fused-ring (bicyclic) bond motifs is 1. The van der Waals surface area contributed by atoms with Gasteiger partial charge in [-0.05, 0) is 40.3 Å². The molecule has 3 aromatic carbocycles. The van der Waals surface area contributed by atoms with Gasteiger partial charge < -0.3 is 5.32 Å². The Hall–Kier alpha value is -3.78. The van der Waals surface area contributed by atoms with Crippen LogP contribution in [0.2, 0.25) is 5.02 Å². The fraction of sp³-hybridized carbons (Fsp3) is 0.0370. The number of pyridine rings is 2. The van der Waals surface area contributed by atoms with Crippen LogP contribution < -0.4 is 10.5 Å². The number of nitrogens with two attached hydrogens (primary N) is 1. The maximum atomic E-state index is 11.9. The molecule has 5 rings (SSSR count). The van der Waals surface area contributed by atoms with Crippen molar-refractivity contribution in [3.05, 3.63) is 108 Å². The zero-order valence-electron chi connectivity index (χ0n) is 18.5. The molecule has 3 N–H and O–H groups in total. The van der Waals surface area contributed by atoms with Gasteiger partial charge in [-0.25, -0.2) is 18.5 Å². The smallest absolute Gasteiger partial charge is 0.239 e. The van der Waals surface area contributed by atoms with Gasteiger partial charge in [-0.1, -0.05) is 78.3 Å². The van der Waals surface area contributed by atoms with Gasteiger partial charge in [-0.2, -0.15) is 0 Å². The van der Waals surface area contributed by atoms with E-state index >= 15 is 0 Å². The molecule has 0 aliphatic carbocycles. The molecule has 0 atom stereocenters. The highest BCUT2D eigenvalue weighted by molar-refractivity contribution is 7.89. The van der Waals surface area contributed by atoms with E-state index in [4.69, 9.17) is 21.7 Å². The number of sulfonamides is 1. The highest BCUT2D eigenvalue weighted by Crippen LogP contribution is 2.36. The summed E-state index contributed by atoms with van der Waals surface area (Å²) in [6.45, 7) is 0.462. The van der Waals surface area contributed by atoms with Crippen LogP contribution >= 0.6 is 11.6 Å². The second-order valence-corrected chi connectivity index (χ2v) is 9.99. The summed E-state index contributed by atoms with van der Waals surface area (Å²) in [5, 5.41) is 11.3. The Labute approximate surface area is 208 Å². The van der Waals surface area contributed by atoms with Crippen LogP contribution in [-0.2, 0) is 16.6 Å². The van der Waals surface area contributed by atoms with Crippen LogP contribution in [0, 0.1) is 0 Å². The van der Waals surface area contributed by atoms with Crippen molar-refractivity contribution in [2.45, 2.75) is 11.4 Å². The third kappa shape index (κ3) is 4.88. The summed E-state index contributed by atoms with van der Waals surface area (Å²) in [5.74, 6) is 0.651. The minimum atomic E-state index is -3.90. The molecule has 0 saturated heterocycles. The maximum absolute atomic E-state index is 11.9. The first-order valence-electron chi connectivity index (χ1n) is 10.8. The normalized spacial score (nSPS) is 11.5. The van der Waals surface area contributed by atoms with Gasteiger partial charge in [0.25, 0.3) is 0 Å². The van der Waals surface area contributed by atoms with Crippen LogP contribution in [0.1, 0.15) is 5.56 Å². The number of nitrogens with one attached hydrogen (secondary N) is 1. The minimum Gasteiger partial charge on any atom is -0.365 e. The first kappa shape index (κ1) is 23.0. The van der Waals surface area contributed by atoms with E-state index in [9.17, 15) is 8.42 Å². The van der Waals surface area contributed by atoms with Gasteiger partial charge in [-0.3, -0.25) is 4.98 Å². The Morgan fingerprint density at radius 3 is 2.40 bits per heavy atom. The Balaban J connectivity index is 1.69. The quantitative estimate of drug-likeness (QED) is 0.303. The van der Waals surface area contributed by atoms with E-state index in [2.05, 4.69) is 28.5 Å². The molecule has 2 heterocycles. The second kappa shape index (κ2) is 9.46. The Morgan fingerprint density at radius 2 is 1.63 bits per heavy atom. The van der Waals surface area contributed by atoms with Gasteiger partial charge in [0.2, 0.25) is 10.0 Å². The van der Waals surface area contributed by atoms with E-state index in [1.165, 1.54) is 12.3 Å². The molecule has 2 aromatic heterocycles. The zero-order chi connectivity index (χ0) is 24.4. The molecule has 0 fully saturated rings. The van der Waals surface area contributed by atoms with Crippen molar-refractivity contribution in [3.63, 3.8) is 0 Å². The zero-order valence-corrected chi connectivity index (χ0v) is 20.1. The van der Waals surface area contributed by atoms with Crippen molar-refractivity contribution in [3.8, 4) is 22.4 Å². The standard InChI is InChI=1S/C27H21ClN4O2S/c28-24-12-5-4-9-20(24)16-31-27-26-19(10-6-11-23(26)18-7-2-1-3-8-18)14-25(32-27)21-13-22(17-30-15-21)35(29,33)34/h1-15,17H,16H2,(H,31,32)(H2,29,33,34). The van der Waals surface area contributed by atoms with Crippen molar-refractivity contribution in [1.82, 2.24) is 9.97 Å². The third-order valence-electron chi connectivity index (χ3n) is 5.68. The third-order valence-corrected chi connectivity index (χ3v) is 6.93. The highest BCUT2D eigenvalue weighted by Gasteiger charge is 2.15. The molecule has 35 heavy (non-hydrogen) atoms. The molecule has 5 aromatic rings. The van der Waals surface area contributed by atoms with Gasteiger partial charge in [0.1, 0.15) is 10.7 Å². The number of anilines is 1. The molecule has 0 amide bonds. The van der Waals surface area contributed by atoms with Crippen molar-refractivity contribution in [2.75, 3.05) is 5.32 Å². The maximum Gasteiger partial charge on any atom is 0.239 e. The summed E-state index contributed by atoms with van der Waals surface area (Å²) in [7, 11) is -3.90. The van der Waals surface area contributed by atoms with Crippen LogP contribution in [-0.4, -0.2) is 18.4 Å². The first-order chi connectivity index (χ1) is 16.9. The number of hydrogen-bond acceptors (Lipinski definition) is 5. The highest BCUT2D eigenvalue weighted by atomic mass is 35.5. The number of halogens is 1. The average Bonchev–Trinajstić information content (AvgIpc) is 2.87. The van der Waals surface area contributed by atoms with Gasteiger partial charge in [0, 0.05) is 34.9 Å². The SMILES string of the molecule is NS(=O)(=O)c1cncc(-c2cc3cccc(-c4ccccc4)c3c(NCc3ccccc3Cl)n2)c1. The van der Waals surface area contributed by atoms with Crippen LogP contribution in [0.5, 0.6) is 0 Å². The lowest BCUT2D eigenvalue weighted by Gasteiger charge is -2.16. The lowest BCUT2D eigenvalue weighted by atomic mass is 9.97. The lowest BCUT2D eigenvalue weighted by molar-refractivity contribution is 0.597. The Bertz CT molecular complexity index is 1640. The van der Waals surface area contributed by atoms with Gasteiger partial charge in [-0.15, -0.1) is 0 Å². The second-order valence-electron chi connectivity index (χ2n) is 8.03. The molecule has 0 saturated carbocycles. The predicted molar refractivity (Wildman–Crippen MR) is 141 cm³/mol. The number of rotatable bonds is 6. The summed E-state index contributed by atoms with van der Waals surface area (Å²) in [6, 6.07) is 27.2. The van der Waals surface area contributed by atoms with Crippen LogP contribution in [0.4, 0.5) is 5.82 Å². The molecular formula is C27H21ClN4O2S. The molecule has 0 aliphatic rings. The van der Waals surface area contributed by atoms with Gasteiger partial charge in [0.15, 0.2) is 0 Å². The number of primary sulfonamides is 1. The van der Waals surface area contributed by atoms with E-state index in [0.29, 0.717) is 28.6 Å². The fourth-order valence-electron chi connectivity index (χ4n) is 3.98. The molecule has 174 valence electrons. The number of benzene rings is 3. The summed E-state index contributed by atoms with van der Waals surface area (Å²) in [5.41, 5.74) is 4.14. The summed E-state index contributed by atoms with van der Waals surface area (Å²) in [4.78, 5) is 8.90. The van der Waals surface area contributed by atoms with Crippen molar-refractivity contribution in [1.29, 1.82) is 0 Å². The topological polar surface area (TPSA) is 98.0 Å². The predicted octanol–water partition coefficient (Wildman–Crippen LogP) is 5.88. The fourth-order valence-corrected chi connectivity index (χ4v) is 4.68. The number of aromatic nitrogens is 2. The number of nitrogens with zero attached hydrogens (tertiary/aromatic N) is 2. The van der Waals surface area contributed by atoms with Gasteiger partial charge in [0.05, 0.1) is 5.69 Å². The van der Waals surface area contributed by atoms with E-state index in [1.807, 2.05) is 60.7 Å². The first-order valence-corrected chi connectivity index (χ1v) is 12.8. The number of hydrogen-bond donors (Lipinski definition) is 2. The van der Waals surface area contributed by atoms with E-state index in [0.717, 1.165) is 27.5 Å². The minimum absolute atomic E-state index is 0.0690. The van der Waals surface area contributed by atoms with E-state index in [1.54, 1.807) is 6.20 Å². The molecule has 0 bridgehead atoms. The molecule has 0 radical (unpaired) electrons. The summed E-state index contributed by atoms with van der Waals surface area (Å²) >= 11 is 6.39. The van der Waals surface area contributed by atoms with Crippen LogP contribution in [0.25, 0.3) is 33.2 Å². The summed E-state index contributed by atoms with van der Waals surface area (Å²) in [6.07, 6.45) is 2.80. The Morgan fingerprint density at radius 1 is 0.857 bits per heavy atom. The van der Waals surface area contributed by atoms with Crippen LogP contribution in [0.15, 0.2) is 102 Å². The van der Waals surface area contributed by atoms with Crippen molar-refractivity contribution >= 4 is 38.2 Å².